The van der Waals surface area contributed by atoms with E-state index in [2.05, 4.69) is 21.0 Å². The third-order valence-corrected chi connectivity index (χ3v) is 3.23. The van der Waals surface area contributed by atoms with Gasteiger partial charge in [0.05, 0.1) is 5.69 Å². The summed E-state index contributed by atoms with van der Waals surface area (Å²) in [5.74, 6) is -1.05. The molecule has 0 fully saturated rings. The number of rotatable bonds is 2. The van der Waals surface area contributed by atoms with Crippen LogP contribution >= 0.6 is 27.5 Å². The molecule has 0 radical (unpaired) electrons. The molecule has 0 unspecified atom stereocenters. The minimum atomic E-state index is -1.05. The second-order valence-corrected chi connectivity index (χ2v) is 4.76. The number of carbonyl (C=O) groups is 1. The molecule has 0 aliphatic carbocycles. The minimum Gasteiger partial charge on any atom is -0.476 e. The molecule has 6 heteroatoms. The van der Waals surface area contributed by atoms with Gasteiger partial charge in [0, 0.05) is 22.1 Å². The highest BCUT2D eigenvalue weighted by Crippen LogP contribution is 2.30. The van der Waals surface area contributed by atoms with E-state index in [1.807, 2.05) is 6.07 Å². The first-order valence-electron chi connectivity index (χ1n) is 4.72. The molecule has 0 bridgehead atoms. The van der Waals surface area contributed by atoms with Crippen LogP contribution in [0.15, 0.2) is 28.7 Å². The van der Waals surface area contributed by atoms with E-state index in [4.69, 9.17) is 16.7 Å². The number of benzene rings is 1. The molecule has 1 aromatic carbocycles. The normalized spacial score (nSPS) is 10.5. The SMILES string of the molecule is Cn1nc(C(=O)O)cc1-c1cc(Cl)ccc1Br. The lowest BCUT2D eigenvalue weighted by molar-refractivity contribution is 0.0689. The molecule has 0 amide bonds. The van der Waals surface area contributed by atoms with E-state index >= 15 is 0 Å². The van der Waals surface area contributed by atoms with Gasteiger partial charge in [0.15, 0.2) is 5.69 Å². The van der Waals surface area contributed by atoms with Crippen LogP contribution in [0, 0.1) is 0 Å². The third kappa shape index (κ3) is 2.35. The van der Waals surface area contributed by atoms with E-state index in [1.165, 1.54) is 10.7 Å². The molecular weight excluding hydrogens is 307 g/mol. The monoisotopic (exact) mass is 314 g/mol. The van der Waals surface area contributed by atoms with Gasteiger partial charge in [0.1, 0.15) is 0 Å². The van der Waals surface area contributed by atoms with E-state index < -0.39 is 5.97 Å². The van der Waals surface area contributed by atoms with Crippen LogP contribution in [-0.2, 0) is 7.05 Å². The molecule has 1 N–H and O–H groups in total. The molecule has 2 aromatic rings. The van der Waals surface area contributed by atoms with Crippen molar-refractivity contribution in [2.45, 2.75) is 0 Å². The molecule has 0 atom stereocenters. The largest absolute Gasteiger partial charge is 0.476 e. The number of hydrogen-bond acceptors (Lipinski definition) is 2. The Kier molecular flexibility index (Phi) is 3.22. The number of aromatic carboxylic acids is 1. The second-order valence-electron chi connectivity index (χ2n) is 3.47. The van der Waals surface area contributed by atoms with Crippen molar-refractivity contribution in [3.05, 3.63) is 39.5 Å². The number of nitrogens with zero attached hydrogens (tertiary/aromatic N) is 2. The van der Waals surface area contributed by atoms with Gasteiger partial charge in [-0.05, 0) is 24.3 Å². The lowest BCUT2D eigenvalue weighted by Crippen LogP contribution is -1.99. The maximum absolute atomic E-state index is 10.8. The van der Waals surface area contributed by atoms with Crippen molar-refractivity contribution in [3.63, 3.8) is 0 Å². The number of aryl methyl sites for hydroxylation is 1. The maximum atomic E-state index is 10.8. The van der Waals surface area contributed by atoms with Crippen LogP contribution in [0.4, 0.5) is 0 Å². The lowest BCUT2D eigenvalue weighted by Gasteiger charge is -2.05. The molecule has 0 aliphatic rings. The molecular formula is C11H8BrClN2O2. The Morgan fingerprint density at radius 2 is 2.18 bits per heavy atom. The maximum Gasteiger partial charge on any atom is 0.356 e. The van der Waals surface area contributed by atoms with Gasteiger partial charge in [-0.15, -0.1) is 0 Å². The predicted octanol–water partition coefficient (Wildman–Crippen LogP) is 3.20. The van der Waals surface area contributed by atoms with Crippen molar-refractivity contribution >= 4 is 33.5 Å². The van der Waals surface area contributed by atoms with Crippen LogP contribution in [0.5, 0.6) is 0 Å². The average Bonchev–Trinajstić information content (AvgIpc) is 2.64. The Balaban J connectivity index is 2.60. The zero-order valence-corrected chi connectivity index (χ0v) is 11.2. The molecule has 0 spiro atoms. The fraction of sp³-hybridized carbons (Fsp3) is 0.0909. The summed E-state index contributed by atoms with van der Waals surface area (Å²) in [4.78, 5) is 10.8. The highest BCUT2D eigenvalue weighted by atomic mass is 79.9. The van der Waals surface area contributed by atoms with Gasteiger partial charge in [-0.25, -0.2) is 4.79 Å². The summed E-state index contributed by atoms with van der Waals surface area (Å²) in [6.07, 6.45) is 0. The standard InChI is InChI=1S/C11H8BrClN2O2/c1-15-10(5-9(14-15)11(16)17)7-4-6(13)2-3-8(7)12/h2-5H,1H3,(H,16,17). The number of halogens is 2. The molecule has 0 aliphatic heterocycles. The van der Waals surface area contributed by atoms with Gasteiger partial charge in [0.25, 0.3) is 0 Å². The lowest BCUT2D eigenvalue weighted by atomic mass is 10.1. The van der Waals surface area contributed by atoms with Crippen LogP contribution < -0.4 is 0 Å². The third-order valence-electron chi connectivity index (χ3n) is 2.30. The highest BCUT2D eigenvalue weighted by Gasteiger charge is 2.14. The first kappa shape index (κ1) is 12.1. The Hall–Kier alpha value is -1.33. The highest BCUT2D eigenvalue weighted by molar-refractivity contribution is 9.10. The summed E-state index contributed by atoms with van der Waals surface area (Å²) in [7, 11) is 1.69. The van der Waals surface area contributed by atoms with Crippen molar-refractivity contribution in [2.24, 2.45) is 7.05 Å². The summed E-state index contributed by atoms with van der Waals surface area (Å²) in [6.45, 7) is 0. The predicted molar refractivity (Wildman–Crippen MR) is 68.3 cm³/mol. The minimum absolute atomic E-state index is 0.00868. The quantitative estimate of drug-likeness (QED) is 0.926. The first-order valence-corrected chi connectivity index (χ1v) is 5.89. The fourth-order valence-corrected chi connectivity index (χ4v) is 2.14. The van der Waals surface area contributed by atoms with Gasteiger partial charge in [-0.1, -0.05) is 27.5 Å². The second kappa shape index (κ2) is 4.50. The molecule has 0 saturated carbocycles. The Bertz CT molecular complexity index is 595. The topological polar surface area (TPSA) is 55.1 Å². The van der Waals surface area contributed by atoms with Crippen molar-refractivity contribution in [3.8, 4) is 11.3 Å². The van der Waals surface area contributed by atoms with E-state index in [0.29, 0.717) is 10.7 Å². The Morgan fingerprint density at radius 1 is 1.47 bits per heavy atom. The van der Waals surface area contributed by atoms with Crippen LogP contribution in [0.2, 0.25) is 5.02 Å². The van der Waals surface area contributed by atoms with Gasteiger partial charge >= 0.3 is 5.97 Å². The van der Waals surface area contributed by atoms with Crippen LogP contribution in [-0.4, -0.2) is 20.9 Å². The van der Waals surface area contributed by atoms with Crippen LogP contribution in [0.1, 0.15) is 10.5 Å². The zero-order valence-electron chi connectivity index (χ0n) is 8.82. The smallest absolute Gasteiger partial charge is 0.356 e. The summed E-state index contributed by atoms with van der Waals surface area (Å²) in [5, 5.41) is 13.4. The van der Waals surface area contributed by atoms with E-state index in [1.54, 1.807) is 19.2 Å². The van der Waals surface area contributed by atoms with Crippen LogP contribution in [0.3, 0.4) is 0 Å². The number of aromatic nitrogens is 2. The Labute approximate surface area is 111 Å². The van der Waals surface area contributed by atoms with Gasteiger partial charge < -0.3 is 5.11 Å². The van der Waals surface area contributed by atoms with Gasteiger partial charge in [0.2, 0.25) is 0 Å². The zero-order chi connectivity index (χ0) is 12.6. The van der Waals surface area contributed by atoms with Crippen molar-refractivity contribution in [1.82, 2.24) is 9.78 Å². The summed E-state index contributed by atoms with van der Waals surface area (Å²) in [6, 6.07) is 6.84. The Morgan fingerprint density at radius 3 is 2.76 bits per heavy atom. The molecule has 1 heterocycles. The summed E-state index contributed by atoms with van der Waals surface area (Å²) >= 11 is 9.32. The molecule has 0 saturated heterocycles. The molecule has 17 heavy (non-hydrogen) atoms. The van der Waals surface area contributed by atoms with E-state index in [-0.39, 0.29) is 5.69 Å². The first-order chi connectivity index (χ1) is 7.99. The van der Waals surface area contributed by atoms with E-state index in [9.17, 15) is 4.79 Å². The van der Waals surface area contributed by atoms with Gasteiger partial charge in [-0.2, -0.15) is 5.10 Å². The van der Waals surface area contributed by atoms with Gasteiger partial charge in [-0.3, -0.25) is 4.68 Å². The number of carboxylic acids is 1. The molecule has 88 valence electrons. The fourth-order valence-electron chi connectivity index (χ4n) is 1.52. The molecule has 2 rings (SSSR count). The van der Waals surface area contributed by atoms with Crippen molar-refractivity contribution in [1.29, 1.82) is 0 Å². The number of hydrogen-bond donors (Lipinski definition) is 1. The van der Waals surface area contributed by atoms with Crippen molar-refractivity contribution in [2.75, 3.05) is 0 Å². The average molecular weight is 316 g/mol. The number of carboxylic acid groups (broad SMARTS) is 1. The molecule has 1 aromatic heterocycles. The molecule has 4 nitrogen and oxygen atoms in total. The van der Waals surface area contributed by atoms with E-state index in [0.717, 1.165) is 10.0 Å². The van der Waals surface area contributed by atoms with Crippen molar-refractivity contribution < 1.29 is 9.90 Å². The summed E-state index contributed by atoms with van der Waals surface area (Å²) < 4.78 is 2.35. The van der Waals surface area contributed by atoms with Crippen LogP contribution in [0.25, 0.3) is 11.3 Å². The summed E-state index contributed by atoms with van der Waals surface area (Å²) in [5.41, 5.74) is 1.51.